The molecule has 2 aromatic carbocycles. The summed E-state index contributed by atoms with van der Waals surface area (Å²) in [6.45, 7) is 0. The Morgan fingerprint density at radius 1 is 0.963 bits per heavy atom. The normalized spacial score (nSPS) is 10.2. The predicted octanol–water partition coefficient (Wildman–Crippen LogP) is 5.91. The van der Waals surface area contributed by atoms with Gasteiger partial charge in [-0.2, -0.15) is 5.26 Å². The molecule has 2 heterocycles. The molecule has 0 saturated carbocycles. The molecule has 0 radical (unpaired) electrons. The van der Waals surface area contributed by atoms with Crippen molar-refractivity contribution in [1.82, 2.24) is 9.38 Å². The van der Waals surface area contributed by atoms with Gasteiger partial charge in [0.05, 0.1) is 16.7 Å². The number of benzene rings is 2. The molecular formula is C18H9N9. The minimum Gasteiger partial charge on any atom is -0.289 e. The first-order valence-corrected chi connectivity index (χ1v) is 7.83. The summed E-state index contributed by atoms with van der Waals surface area (Å²) in [5.74, 6) is 0.203. The molecule has 4 aromatic rings. The van der Waals surface area contributed by atoms with Crippen LogP contribution in [-0.2, 0) is 0 Å². The Hall–Kier alpha value is -4.50. The quantitative estimate of drug-likeness (QED) is 0.257. The van der Waals surface area contributed by atoms with Gasteiger partial charge in [0.15, 0.2) is 5.65 Å². The minimum absolute atomic E-state index is 0.0800. The third-order valence-corrected chi connectivity index (χ3v) is 4.15. The molecule has 0 aliphatic carbocycles. The molecule has 2 aromatic heterocycles. The van der Waals surface area contributed by atoms with E-state index in [0.717, 1.165) is 0 Å². The molecule has 9 nitrogen and oxygen atoms in total. The molecule has 126 valence electrons. The lowest BCUT2D eigenvalue weighted by atomic mass is 10.0. The molecule has 0 atom stereocenters. The summed E-state index contributed by atoms with van der Waals surface area (Å²) in [7, 11) is 0. The maximum Gasteiger partial charge on any atom is 0.156 e. The van der Waals surface area contributed by atoms with Crippen LogP contribution in [0.2, 0.25) is 0 Å². The maximum atomic E-state index is 9.77. The van der Waals surface area contributed by atoms with Crippen molar-refractivity contribution in [3.05, 3.63) is 81.0 Å². The zero-order valence-electron chi connectivity index (χ0n) is 13.7. The molecular weight excluding hydrogens is 342 g/mol. The van der Waals surface area contributed by atoms with E-state index in [4.69, 9.17) is 11.1 Å². The smallest absolute Gasteiger partial charge is 0.156 e. The van der Waals surface area contributed by atoms with Gasteiger partial charge >= 0.3 is 0 Å². The predicted molar refractivity (Wildman–Crippen MR) is 100 cm³/mol. The van der Waals surface area contributed by atoms with Gasteiger partial charge in [-0.05, 0) is 33.9 Å². The lowest BCUT2D eigenvalue weighted by Crippen LogP contribution is -1.95. The van der Waals surface area contributed by atoms with Gasteiger partial charge in [-0.1, -0.05) is 47.6 Å². The number of pyridine rings is 1. The first-order valence-electron chi connectivity index (χ1n) is 7.83. The third kappa shape index (κ3) is 2.39. The molecule has 27 heavy (non-hydrogen) atoms. The minimum atomic E-state index is 0.0800. The highest BCUT2D eigenvalue weighted by molar-refractivity contribution is 5.96. The number of fused-ring (bicyclic) bond motifs is 3. The van der Waals surface area contributed by atoms with E-state index in [9.17, 15) is 5.26 Å². The van der Waals surface area contributed by atoms with Gasteiger partial charge in [-0.25, -0.2) is 4.98 Å². The van der Waals surface area contributed by atoms with Crippen molar-refractivity contribution in [3.8, 4) is 17.2 Å². The standard InChI is InChI=1S/C18H9N9/c19-10-12-16(23-25-20)15(11-6-2-1-3-7-11)18(24-26-21)27-14-9-5-4-8-13(14)22-17(12)27/h1-9H. The van der Waals surface area contributed by atoms with Crippen LogP contribution in [0.1, 0.15) is 5.56 Å². The average Bonchev–Trinajstić information content (AvgIpc) is 3.08. The Morgan fingerprint density at radius 2 is 1.67 bits per heavy atom. The summed E-state index contributed by atoms with van der Waals surface area (Å²) in [5.41, 5.74) is 21.0. The number of azide groups is 2. The highest BCUT2D eigenvalue weighted by Gasteiger charge is 2.22. The lowest BCUT2D eigenvalue weighted by Gasteiger charge is -2.14. The largest absolute Gasteiger partial charge is 0.289 e. The Balaban J connectivity index is 2.36. The molecule has 0 bridgehead atoms. The van der Waals surface area contributed by atoms with E-state index in [2.05, 4.69) is 31.1 Å². The number of aromatic nitrogens is 2. The van der Waals surface area contributed by atoms with Gasteiger partial charge in [0.2, 0.25) is 0 Å². The van der Waals surface area contributed by atoms with Crippen molar-refractivity contribution in [2.24, 2.45) is 10.2 Å². The second-order valence-corrected chi connectivity index (χ2v) is 5.54. The molecule has 0 saturated heterocycles. The van der Waals surface area contributed by atoms with Crippen LogP contribution in [0.15, 0.2) is 64.8 Å². The Labute approximate surface area is 152 Å². The van der Waals surface area contributed by atoms with E-state index >= 15 is 0 Å². The summed E-state index contributed by atoms with van der Waals surface area (Å²) >= 11 is 0. The number of hydrogen-bond donors (Lipinski definition) is 0. The highest BCUT2D eigenvalue weighted by atomic mass is 15.2. The molecule has 0 aliphatic rings. The fourth-order valence-electron chi connectivity index (χ4n) is 3.11. The van der Waals surface area contributed by atoms with Crippen molar-refractivity contribution >= 4 is 28.2 Å². The molecule has 0 N–H and O–H groups in total. The van der Waals surface area contributed by atoms with Gasteiger partial charge in [-0.15, -0.1) is 0 Å². The van der Waals surface area contributed by atoms with Crippen molar-refractivity contribution in [1.29, 1.82) is 5.26 Å². The van der Waals surface area contributed by atoms with Gasteiger partial charge < -0.3 is 0 Å². The van der Waals surface area contributed by atoms with E-state index in [0.29, 0.717) is 22.2 Å². The van der Waals surface area contributed by atoms with Crippen molar-refractivity contribution in [2.75, 3.05) is 0 Å². The zero-order valence-corrected chi connectivity index (χ0v) is 13.7. The molecule has 0 unspecified atom stereocenters. The Morgan fingerprint density at radius 3 is 2.37 bits per heavy atom. The summed E-state index contributed by atoms with van der Waals surface area (Å²) in [6, 6.07) is 18.3. The van der Waals surface area contributed by atoms with Crippen LogP contribution in [0.5, 0.6) is 0 Å². The second kappa shape index (κ2) is 6.43. The molecule has 0 amide bonds. The topological polar surface area (TPSA) is 139 Å². The van der Waals surface area contributed by atoms with E-state index in [-0.39, 0.29) is 22.7 Å². The van der Waals surface area contributed by atoms with Crippen LogP contribution < -0.4 is 0 Å². The molecule has 0 spiro atoms. The number of para-hydroxylation sites is 2. The fourth-order valence-corrected chi connectivity index (χ4v) is 3.11. The van der Waals surface area contributed by atoms with E-state index in [1.807, 2.05) is 24.3 Å². The fraction of sp³-hybridized carbons (Fsp3) is 0. The molecule has 0 fully saturated rings. The van der Waals surface area contributed by atoms with Gasteiger partial charge in [0.25, 0.3) is 0 Å². The molecule has 4 rings (SSSR count). The number of hydrogen-bond acceptors (Lipinski definition) is 4. The van der Waals surface area contributed by atoms with Gasteiger partial charge in [-0.3, -0.25) is 4.40 Å². The Bertz CT molecular complexity index is 1330. The van der Waals surface area contributed by atoms with Crippen LogP contribution in [-0.4, -0.2) is 9.38 Å². The van der Waals surface area contributed by atoms with Crippen LogP contribution in [0.3, 0.4) is 0 Å². The monoisotopic (exact) mass is 351 g/mol. The second-order valence-electron chi connectivity index (χ2n) is 5.54. The lowest BCUT2D eigenvalue weighted by molar-refractivity contribution is 1.17. The van der Waals surface area contributed by atoms with Crippen molar-refractivity contribution in [2.45, 2.75) is 0 Å². The van der Waals surface area contributed by atoms with Crippen LogP contribution in [0.25, 0.3) is 48.7 Å². The van der Waals surface area contributed by atoms with E-state index < -0.39 is 0 Å². The molecule has 9 heteroatoms. The third-order valence-electron chi connectivity index (χ3n) is 4.15. The Kier molecular flexibility index (Phi) is 3.81. The van der Waals surface area contributed by atoms with E-state index in [1.54, 1.807) is 34.7 Å². The highest BCUT2D eigenvalue weighted by Crippen LogP contribution is 2.44. The number of imidazole rings is 1. The summed E-state index contributed by atoms with van der Waals surface area (Å²) in [6.07, 6.45) is 0. The maximum absolute atomic E-state index is 9.77. The first-order chi connectivity index (χ1) is 13.3. The number of rotatable bonds is 3. The summed E-state index contributed by atoms with van der Waals surface area (Å²) in [5, 5.41) is 17.4. The van der Waals surface area contributed by atoms with Gasteiger partial charge in [0.1, 0.15) is 17.5 Å². The zero-order chi connectivity index (χ0) is 18.8. The summed E-state index contributed by atoms with van der Waals surface area (Å²) < 4.78 is 1.62. The average molecular weight is 351 g/mol. The van der Waals surface area contributed by atoms with Crippen LogP contribution in [0.4, 0.5) is 11.5 Å². The van der Waals surface area contributed by atoms with Crippen molar-refractivity contribution < 1.29 is 0 Å². The number of nitriles is 1. The van der Waals surface area contributed by atoms with Crippen LogP contribution >= 0.6 is 0 Å². The summed E-state index contributed by atoms with van der Waals surface area (Å²) in [4.78, 5) is 10.3. The van der Waals surface area contributed by atoms with Crippen molar-refractivity contribution in [3.63, 3.8) is 0 Å². The van der Waals surface area contributed by atoms with Gasteiger partial charge in [0, 0.05) is 15.4 Å². The first kappa shape index (κ1) is 16.0. The molecule has 0 aliphatic heterocycles. The SMILES string of the molecule is N#Cc1c(N=[N+]=[N-])c(-c2ccccc2)c(N=[N+]=[N-])n2c1nc1ccccc12. The van der Waals surface area contributed by atoms with Crippen LogP contribution in [0, 0.1) is 11.3 Å². The number of nitrogens with zero attached hydrogens (tertiary/aromatic N) is 9. The van der Waals surface area contributed by atoms with E-state index in [1.165, 1.54) is 0 Å².